The van der Waals surface area contributed by atoms with Gasteiger partial charge in [-0.15, -0.1) is 0 Å². The van der Waals surface area contributed by atoms with E-state index in [9.17, 15) is 14.4 Å². The number of fused-ring (bicyclic) bond motifs is 2. The zero-order chi connectivity index (χ0) is 34.0. The molecule has 14 heteroatoms. The van der Waals surface area contributed by atoms with Crippen molar-refractivity contribution in [2.45, 2.75) is 89.9 Å². The molecular formula is C35H38FN9O3Se. The van der Waals surface area contributed by atoms with E-state index in [2.05, 4.69) is 20.4 Å². The zero-order valence-electron chi connectivity index (χ0n) is 27.8. The summed E-state index contributed by atoms with van der Waals surface area (Å²) in [5.41, 5.74) is 3.21. The van der Waals surface area contributed by atoms with Crippen LogP contribution in [0.2, 0.25) is 0 Å². The molecule has 1 aromatic carbocycles. The van der Waals surface area contributed by atoms with E-state index in [1.165, 1.54) is 0 Å². The fourth-order valence-corrected chi connectivity index (χ4v) is 8.63. The Labute approximate surface area is 289 Å². The molecule has 12 nitrogen and oxygen atoms in total. The SMILES string of the molecule is CC(C)(C)OC(=O)N(Cc1ccc2nc(Cn3cc(-c4cc([Se]C#N)cc5c4cnn5C4CCCCO4)nn3)cn2c1)CC12CC(F)(C1)C2. The van der Waals surface area contributed by atoms with Gasteiger partial charge in [-0.3, -0.25) is 0 Å². The molecule has 1 atom stereocenters. The van der Waals surface area contributed by atoms with E-state index in [0.29, 0.717) is 51.2 Å². The number of rotatable bonds is 9. The predicted octanol–water partition coefficient (Wildman–Crippen LogP) is 5.13. The fraction of sp³-hybridized carbons (Fsp3) is 0.486. The van der Waals surface area contributed by atoms with Crippen LogP contribution in [0.25, 0.3) is 27.8 Å². The molecular weight excluding hydrogens is 692 g/mol. The Morgan fingerprint density at radius 2 is 2.04 bits per heavy atom. The van der Waals surface area contributed by atoms with E-state index in [1.54, 1.807) is 9.58 Å². The fourth-order valence-electron chi connectivity index (χ4n) is 7.68. The third-order valence-corrected chi connectivity index (χ3v) is 10.8. The monoisotopic (exact) mass is 731 g/mol. The molecule has 49 heavy (non-hydrogen) atoms. The van der Waals surface area contributed by atoms with E-state index in [4.69, 9.17) is 14.5 Å². The molecule has 1 saturated heterocycles. The molecule has 0 N–H and O–H groups in total. The molecule has 1 aliphatic heterocycles. The van der Waals surface area contributed by atoms with Crippen molar-refractivity contribution in [1.82, 2.24) is 39.1 Å². The number of alkyl halides is 1. The van der Waals surface area contributed by atoms with E-state index in [-0.39, 0.29) is 32.7 Å². The van der Waals surface area contributed by atoms with Gasteiger partial charge in [0.2, 0.25) is 0 Å². The smallest absolute Gasteiger partial charge is 0.112 e. The van der Waals surface area contributed by atoms with Crippen molar-refractivity contribution < 1.29 is 18.7 Å². The first-order chi connectivity index (χ1) is 23.5. The summed E-state index contributed by atoms with van der Waals surface area (Å²) in [6.45, 7) is 7.52. The summed E-state index contributed by atoms with van der Waals surface area (Å²) in [6.07, 6.45) is 11.8. The number of nitrogens with zero attached hydrogens (tertiary/aromatic N) is 9. The number of imidazole rings is 1. The first-order valence-electron chi connectivity index (χ1n) is 16.7. The molecule has 9 rings (SSSR count). The molecule has 4 fully saturated rings. The summed E-state index contributed by atoms with van der Waals surface area (Å²) in [5, 5.41) is 24.1. The minimum atomic E-state index is -1.03. The number of hydrogen-bond donors (Lipinski definition) is 0. The van der Waals surface area contributed by atoms with E-state index >= 15 is 0 Å². The third-order valence-electron chi connectivity index (χ3n) is 9.61. The second kappa shape index (κ2) is 11.9. The van der Waals surface area contributed by atoms with Gasteiger partial charge < -0.3 is 9.64 Å². The number of aromatic nitrogens is 7. The number of pyridine rings is 1. The molecule has 4 aliphatic rings. The molecule has 0 spiro atoms. The van der Waals surface area contributed by atoms with Gasteiger partial charge in [0.25, 0.3) is 0 Å². The van der Waals surface area contributed by atoms with Gasteiger partial charge in [-0.2, -0.15) is 0 Å². The quantitative estimate of drug-likeness (QED) is 0.191. The number of halogens is 1. The van der Waals surface area contributed by atoms with Gasteiger partial charge >= 0.3 is 201 Å². The summed E-state index contributed by atoms with van der Waals surface area (Å²) in [6, 6.07) is 7.96. The van der Waals surface area contributed by atoms with Crippen LogP contribution >= 0.6 is 0 Å². The van der Waals surface area contributed by atoms with Crippen LogP contribution in [0.5, 0.6) is 0 Å². The first kappa shape index (κ1) is 31.9. The minimum Gasteiger partial charge on any atom is -0.244 e. The van der Waals surface area contributed by atoms with Crippen LogP contribution in [0.3, 0.4) is 0 Å². The first-order valence-corrected chi connectivity index (χ1v) is 18.4. The Morgan fingerprint density at radius 3 is 2.78 bits per heavy atom. The number of nitriles is 1. The number of benzene rings is 1. The second-order valence-corrected chi connectivity index (χ2v) is 16.7. The average Bonchev–Trinajstić information content (AvgIpc) is 3.77. The molecule has 2 bridgehead atoms. The number of hydrogen-bond acceptors (Lipinski definition) is 8. The van der Waals surface area contributed by atoms with Crippen LogP contribution in [0, 0.1) is 15.6 Å². The summed E-state index contributed by atoms with van der Waals surface area (Å²) in [5.74, 6) is 0. The Hall–Kier alpha value is -4.31. The Morgan fingerprint density at radius 1 is 1.20 bits per heavy atom. The van der Waals surface area contributed by atoms with Gasteiger partial charge in [-0.25, -0.2) is 9.18 Å². The van der Waals surface area contributed by atoms with Gasteiger partial charge in [0.1, 0.15) is 11.3 Å². The minimum absolute atomic E-state index is 0.118. The van der Waals surface area contributed by atoms with Crippen molar-refractivity contribution in [2.75, 3.05) is 13.2 Å². The van der Waals surface area contributed by atoms with Crippen molar-refractivity contribution in [2.24, 2.45) is 5.41 Å². The normalized spacial score (nSPS) is 23.2. The second-order valence-electron chi connectivity index (χ2n) is 14.9. The van der Waals surface area contributed by atoms with Crippen LogP contribution in [-0.2, 0) is 22.6 Å². The van der Waals surface area contributed by atoms with Crippen molar-refractivity contribution >= 4 is 42.1 Å². The zero-order valence-corrected chi connectivity index (χ0v) is 29.5. The van der Waals surface area contributed by atoms with Crippen LogP contribution < -0.4 is 4.46 Å². The topological polar surface area (TPSA) is 128 Å². The molecule has 4 aromatic heterocycles. The van der Waals surface area contributed by atoms with Gasteiger partial charge in [0.05, 0.1) is 6.54 Å². The Bertz CT molecular complexity index is 2080. The largest absolute Gasteiger partial charge is 0.244 e. The van der Waals surface area contributed by atoms with Gasteiger partial charge in [0, 0.05) is 6.54 Å². The standard InChI is InChI=1S/C35H38FN9O3Se/c1-33(2,3)48-32(46)43(21-34-18-35(36,19-34)20-34)14-23-7-8-30-39-24(15-42(30)13-23)16-44-17-28(40-41-44)26-10-25(49-22-37)11-29-27(26)12-38-45(29)31-6-4-5-9-47-31/h7-8,10-13,15,17,31H,4-6,9,14,16,18-21H2,1-3H3. The Kier molecular flexibility index (Phi) is 7.77. The van der Waals surface area contributed by atoms with Gasteiger partial charge in [0.15, 0.2) is 0 Å². The van der Waals surface area contributed by atoms with Crippen molar-refractivity contribution in [3.63, 3.8) is 0 Å². The number of carbonyl (C=O) groups excluding carboxylic acids is 1. The maximum absolute atomic E-state index is 14.3. The molecule has 1 amide bonds. The van der Waals surface area contributed by atoms with Crippen LogP contribution in [-0.4, -0.2) is 84.5 Å². The van der Waals surface area contributed by atoms with Crippen LogP contribution in [0.4, 0.5) is 9.18 Å². The van der Waals surface area contributed by atoms with Crippen LogP contribution in [0.15, 0.2) is 49.1 Å². The molecule has 254 valence electrons. The van der Waals surface area contributed by atoms with Gasteiger partial charge in [-0.05, 0) is 45.4 Å². The summed E-state index contributed by atoms with van der Waals surface area (Å²) >= 11 is -0.352. The maximum Gasteiger partial charge on any atom is 0.112 e. The molecule has 3 saturated carbocycles. The van der Waals surface area contributed by atoms with Crippen LogP contribution in [0.1, 0.15) is 76.8 Å². The maximum atomic E-state index is 14.3. The number of ether oxygens (including phenoxy) is 2. The van der Waals surface area contributed by atoms with Gasteiger partial charge in [-0.1, -0.05) is 0 Å². The summed E-state index contributed by atoms with van der Waals surface area (Å²) in [7, 11) is 0. The van der Waals surface area contributed by atoms with E-state index in [1.807, 2.05) is 78.9 Å². The van der Waals surface area contributed by atoms with Crippen molar-refractivity contribution in [3.8, 4) is 16.2 Å². The third kappa shape index (κ3) is 6.31. The molecule has 5 aromatic rings. The Balaban J connectivity index is 1.01. The van der Waals surface area contributed by atoms with Crippen molar-refractivity contribution in [3.05, 3.63) is 60.3 Å². The number of carbonyl (C=O) groups is 1. The van der Waals surface area contributed by atoms with E-state index in [0.717, 1.165) is 57.1 Å². The number of amides is 1. The molecule has 1 unspecified atom stereocenters. The van der Waals surface area contributed by atoms with Crippen molar-refractivity contribution in [1.29, 1.82) is 5.26 Å². The predicted molar refractivity (Wildman–Crippen MR) is 180 cm³/mol. The summed E-state index contributed by atoms with van der Waals surface area (Å²) in [4.78, 5) is 22.0. The molecule has 5 heterocycles. The molecule has 3 aliphatic carbocycles. The molecule has 0 radical (unpaired) electrons. The van der Waals surface area contributed by atoms with E-state index < -0.39 is 11.3 Å². The average molecular weight is 731 g/mol. The summed E-state index contributed by atoms with van der Waals surface area (Å²) < 4.78 is 32.6.